The number of aromatic nitrogens is 1. The predicted octanol–water partition coefficient (Wildman–Crippen LogP) is 3.76. The summed E-state index contributed by atoms with van der Waals surface area (Å²) in [7, 11) is 0. The quantitative estimate of drug-likeness (QED) is 0.842. The third-order valence-electron chi connectivity index (χ3n) is 2.67. The van der Waals surface area contributed by atoms with Gasteiger partial charge in [0, 0.05) is 16.4 Å². The van der Waals surface area contributed by atoms with Crippen molar-refractivity contribution in [2.75, 3.05) is 11.1 Å². The van der Waals surface area contributed by atoms with E-state index in [1.165, 1.54) is 11.8 Å². The molecule has 0 aliphatic rings. The number of carbonyl (C=O) groups excluding carboxylic acids is 1. The lowest BCUT2D eigenvalue weighted by Gasteiger charge is -2.07. The van der Waals surface area contributed by atoms with Crippen molar-refractivity contribution >= 4 is 39.3 Å². The number of thioether (sulfide) groups is 1. The number of anilines is 1. The number of nitriles is 1. The molecule has 1 heterocycles. The first-order valence-corrected chi connectivity index (χ1v) is 7.92. The highest BCUT2D eigenvalue weighted by molar-refractivity contribution is 9.10. The summed E-state index contributed by atoms with van der Waals surface area (Å²) in [5, 5.41) is 12.4. The SMILES string of the molecule is Cc1cc(NC(=O)CSc2ncccc2C#N)ccc1Br. The van der Waals surface area contributed by atoms with Crippen LogP contribution in [-0.2, 0) is 4.79 Å². The first-order valence-electron chi connectivity index (χ1n) is 6.14. The zero-order chi connectivity index (χ0) is 15.2. The number of nitrogens with one attached hydrogen (secondary N) is 1. The smallest absolute Gasteiger partial charge is 0.234 e. The van der Waals surface area contributed by atoms with Crippen LogP contribution in [0.3, 0.4) is 0 Å². The van der Waals surface area contributed by atoms with Gasteiger partial charge in [0.2, 0.25) is 5.91 Å². The average molecular weight is 362 g/mol. The molecule has 0 aliphatic heterocycles. The summed E-state index contributed by atoms with van der Waals surface area (Å²) in [6.45, 7) is 1.96. The Morgan fingerprint density at radius 1 is 1.48 bits per heavy atom. The molecule has 0 saturated carbocycles. The number of amides is 1. The Morgan fingerprint density at radius 3 is 3.00 bits per heavy atom. The number of rotatable bonds is 4. The molecule has 1 aromatic carbocycles. The van der Waals surface area contributed by atoms with Crippen LogP contribution in [0.1, 0.15) is 11.1 Å². The molecule has 1 N–H and O–H groups in total. The molecule has 0 spiro atoms. The van der Waals surface area contributed by atoms with Gasteiger partial charge in [-0.25, -0.2) is 4.98 Å². The molecule has 1 aromatic heterocycles. The number of halogens is 1. The molecule has 21 heavy (non-hydrogen) atoms. The topological polar surface area (TPSA) is 65.8 Å². The summed E-state index contributed by atoms with van der Waals surface area (Å²) in [6, 6.07) is 11.1. The van der Waals surface area contributed by atoms with Gasteiger partial charge in [-0.2, -0.15) is 5.26 Å². The van der Waals surface area contributed by atoms with E-state index in [1.54, 1.807) is 18.3 Å². The Hall–Kier alpha value is -1.84. The van der Waals surface area contributed by atoms with Crippen molar-refractivity contribution in [3.63, 3.8) is 0 Å². The second-order valence-corrected chi connectivity index (χ2v) is 6.09. The Morgan fingerprint density at radius 2 is 2.29 bits per heavy atom. The number of pyridine rings is 1. The van der Waals surface area contributed by atoms with Crippen LogP contribution in [0.2, 0.25) is 0 Å². The molecular formula is C15H12BrN3OS. The molecule has 0 bridgehead atoms. The van der Waals surface area contributed by atoms with Crippen LogP contribution < -0.4 is 5.32 Å². The van der Waals surface area contributed by atoms with E-state index in [2.05, 4.69) is 32.3 Å². The fourth-order valence-electron chi connectivity index (χ4n) is 1.64. The van der Waals surface area contributed by atoms with Gasteiger partial charge in [0.05, 0.1) is 11.3 Å². The van der Waals surface area contributed by atoms with E-state index in [0.29, 0.717) is 10.6 Å². The molecule has 0 saturated heterocycles. The molecule has 6 heteroatoms. The van der Waals surface area contributed by atoms with Gasteiger partial charge in [0.25, 0.3) is 0 Å². The summed E-state index contributed by atoms with van der Waals surface area (Å²) in [5.41, 5.74) is 2.29. The molecule has 2 rings (SSSR count). The van der Waals surface area contributed by atoms with Crippen molar-refractivity contribution in [2.24, 2.45) is 0 Å². The predicted molar refractivity (Wildman–Crippen MR) is 87.2 cm³/mol. The molecule has 106 valence electrons. The average Bonchev–Trinajstić information content (AvgIpc) is 2.49. The lowest BCUT2D eigenvalue weighted by atomic mass is 10.2. The first-order chi connectivity index (χ1) is 10.1. The Bertz CT molecular complexity index is 712. The molecule has 4 nitrogen and oxygen atoms in total. The summed E-state index contributed by atoms with van der Waals surface area (Å²) in [6.07, 6.45) is 1.61. The fraction of sp³-hybridized carbons (Fsp3) is 0.133. The highest BCUT2D eigenvalue weighted by atomic mass is 79.9. The van der Waals surface area contributed by atoms with Gasteiger partial charge in [-0.1, -0.05) is 27.7 Å². The minimum absolute atomic E-state index is 0.128. The van der Waals surface area contributed by atoms with E-state index in [9.17, 15) is 4.79 Å². The largest absolute Gasteiger partial charge is 0.325 e. The molecule has 2 aromatic rings. The molecular weight excluding hydrogens is 350 g/mol. The van der Waals surface area contributed by atoms with E-state index in [0.717, 1.165) is 15.7 Å². The summed E-state index contributed by atoms with van der Waals surface area (Å²) < 4.78 is 1.00. The van der Waals surface area contributed by atoms with Gasteiger partial charge in [-0.05, 0) is 42.8 Å². The fourth-order valence-corrected chi connectivity index (χ4v) is 2.64. The third-order valence-corrected chi connectivity index (χ3v) is 4.57. The van der Waals surface area contributed by atoms with Gasteiger partial charge in [-0.3, -0.25) is 4.79 Å². The molecule has 0 atom stereocenters. The second-order valence-electron chi connectivity index (χ2n) is 4.27. The third kappa shape index (κ3) is 4.31. The van der Waals surface area contributed by atoms with Gasteiger partial charge in [0.1, 0.15) is 11.1 Å². The Balaban J connectivity index is 1.96. The van der Waals surface area contributed by atoms with E-state index < -0.39 is 0 Å². The highest BCUT2D eigenvalue weighted by Crippen LogP contribution is 2.22. The Labute approximate surface area is 135 Å². The lowest BCUT2D eigenvalue weighted by Crippen LogP contribution is -2.14. The zero-order valence-corrected chi connectivity index (χ0v) is 13.7. The normalized spacial score (nSPS) is 9.95. The number of hydrogen-bond donors (Lipinski definition) is 1. The molecule has 0 radical (unpaired) electrons. The molecule has 0 fully saturated rings. The van der Waals surface area contributed by atoms with Gasteiger partial charge < -0.3 is 5.32 Å². The maximum atomic E-state index is 11.9. The second kappa shape index (κ2) is 7.25. The van der Waals surface area contributed by atoms with Crippen LogP contribution in [0.5, 0.6) is 0 Å². The van der Waals surface area contributed by atoms with Crippen LogP contribution >= 0.6 is 27.7 Å². The molecule has 0 unspecified atom stereocenters. The van der Waals surface area contributed by atoms with Crippen LogP contribution in [0.15, 0.2) is 46.0 Å². The van der Waals surface area contributed by atoms with Crippen molar-refractivity contribution in [3.8, 4) is 6.07 Å². The first kappa shape index (κ1) is 15.5. The minimum atomic E-state index is -0.128. The van der Waals surface area contributed by atoms with E-state index in [4.69, 9.17) is 5.26 Å². The zero-order valence-electron chi connectivity index (χ0n) is 11.3. The summed E-state index contributed by atoms with van der Waals surface area (Å²) in [5.74, 6) is 0.0807. The molecule has 0 aliphatic carbocycles. The van der Waals surface area contributed by atoms with Gasteiger partial charge in [-0.15, -0.1) is 0 Å². The van der Waals surface area contributed by atoms with E-state index in [1.807, 2.05) is 25.1 Å². The molecule has 1 amide bonds. The number of benzene rings is 1. The monoisotopic (exact) mass is 361 g/mol. The van der Waals surface area contributed by atoms with Crippen molar-refractivity contribution in [2.45, 2.75) is 11.9 Å². The Kier molecular flexibility index (Phi) is 5.37. The van der Waals surface area contributed by atoms with Gasteiger partial charge >= 0.3 is 0 Å². The van der Waals surface area contributed by atoms with E-state index in [-0.39, 0.29) is 11.7 Å². The van der Waals surface area contributed by atoms with Crippen LogP contribution in [-0.4, -0.2) is 16.6 Å². The lowest BCUT2D eigenvalue weighted by molar-refractivity contribution is -0.113. The van der Waals surface area contributed by atoms with Crippen molar-refractivity contribution < 1.29 is 4.79 Å². The summed E-state index contributed by atoms with van der Waals surface area (Å²) in [4.78, 5) is 16.0. The van der Waals surface area contributed by atoms with Gasteiger partial charge in [0.15, 0.2) is 0 Å². The van der Waals surface area contributed by atoms with Crippen LogP contribution in [0, 0.1) is 18.3 Å². The summed E-state index contributed by atoms with van der Waals surface area (Å²) >= 11 is 4.67. The maximum Gasteiger partial charge on any atom is 0.234 e. The van der Waals surface area contributed by atoms with Crippen molar-refractivity contribution in [1.29, 1.82) is 5.26 Å². The van der Waals surface area contributed by atoms with Crippen LogP contribution in [0.25, 0.3) is 0 Å². The minimum Gasteiger partial charge on any atom is -0.325 e. The highest BCUT2D eigenvalue weighted by Gasteiger charge is 2.08. The van der Waals surface area contributed by atoms with Crippen LogP contribution in [0.4, 0.5) is 5.69 Å². The number of hydrogen-bond acceptors (Lipinski definition) is 4. The van der Waals surface area contributed by atoms with Crippen molar-refractivity contribution in [3.05, 3.63) is 52.1 Å². The number of carbonyl (C=O) groups is 1. The number of aryl methyl sites for hydroxylation is 1. The van der Waals surface area contributed by atoms with Crippen molar-refractivity contribution in [1.82, 2.24) is 4.98 Å². The number of nitrogens with zero attached hydrogens (tertiary/aromatic N) is 2. The van der Waals surface area contributed by atoms with E-state index >= 15 is 0 Å². The standard InChI is InChI=1S/C15H12BrN3OS/c1-10-7-12(4-5-13(10)16)19-14(20)9-21-15-11(8-17)3-2-6-18-15/h2-7H,9H2,1H3,(H,19,20). The maximum absolute atomic E-state index is 11.9.